The predicted octanol–water partition coefficient (Wildman–Crippen LogP) is 1.70. The van der Waals surface area contributed by atoms with E-state index in [0.717, 1.165) is 6.42 Å². The second-order valence-corrected chi connectivity index (χ2v) is 6.30. The van der Waals surface area contributed by atoms with Crippen LogP contribution in [0.2, 0.25) is 0 Å². The van der Waals surface area contributed by atoms with Crippen molar-refractivity contribution < 1.29 is 4.79 Å². The normalized spacial score (nSPS) is 16.6. The molecule has 0 fully saturated rings. The molecule has 1 aromatic heterocycles. The van der Waals surface area contributed by atoms with E-state index in [2.05, 4.69) is 26.9 Å². The number of aromatic nitrogens is 4. The van der Waals surface area contributed by atoms with Crippen LogP contribution in [0.5, 0.6) is 0 Å². The number of carbonyl (C=O) groups excluding carboxylic acids is 1. The van der Waals surface area contributed by atoms with Crippen molar-refractivity contribution in [2.24, 2.45) is 7.05 Å². The van der Waals surface area contributed by atoms with Gasteiger partial charge in [0.2, 0.25) is 11.1 Å². The molecule has 1 aliphatic carbocycles. The zero-order chi connectivity index (χ0) is 14.4. The van der Waals surface area contributed by atoms with Crippen molar-refractivity contribution in [3.8, 4) is 0 Å². The van der Waals surface area contributed by atoms with Gasteiger partial charge < -0.3 is 5.32 Å². The second kappa shape index (κ2) is 7.42. The lowest BCUT2D eigenvalue weighted by molar-refractivity contribution is -0.120. The molecule has 1 aliphatic rings. The summed E-state index contributed by atoms with van der Waals surface area (Å²) in [6.45, 7) is 2.58. The number of amides is 1. The van der Waals surface area contributed by atoms with E-state index < -0.39 is 0 Å². The Morgan fingerprint density at radius 3 is 3.05 bits per heavy atom. The van der Waals surface area contributed by atoms with Crippen LogP contribution >= 0.6 is 11.8 Å². The third kappa shape index (κ3) is 4.33. The van der Waals surface area contributed by atoms with Gasteiger partial charge in [0.1, 0.15) is 0 Å². The van der Waals surface area contributed by atoms with Crippen LogP contribution in [0.25, 0.3) is 0 Å². The maximum absolute atomic E-state index is 12.0. The Bertz CT molecular complexity index is 485. The Hall–Kier alpha value is -1.37. The molecular formula is C13H21N5OS. The van der Waals surface area contributed by atoms with Crippen LogP contribution in [0.4, 0.5) is 0 Å². The number of tetrazole rings is 1. The van der Waals surface area contributed by atoms with E-state index >= 15 is 0 Å². The third-order valence-corrected chi connectivity index (χ3v) is 4.49. The number of hydrogen-bond donors (Lipinski definition) is 1. The van der Waals surface area contributed by atoms with Crippen molar-refractivity contribution in [2.75, 3.05) is 6.54 Å². The predicted molar refractivity (Wildman–Crippen MR) is 78.3 cm³/mol. The van der Waals surface area contributed by atoms with Crippen molar-refractivity contribution in [1.29, 1.82) is 0 Å². The Labute approximate surface area is 123 Å². The molecule has 0 spiro atoms. The number of aryl methyl sites for hydroxylation is 1. The Balaban J connectivity index is 1.71. The molecule has 1 amide bonds. The van der Waals surface area contributed by atoms with Crippen LogP contribution in [0.3, 0.4) is 0 Å². The zero-order valence-electron chi connectivity index (χ0n) is 12.0. The van der Waals surface area contributed by atoms with E-state index in [-0.39, 0.29) is 11.2 Å². The Morgan fingerprint density at radius 1 is 1.55 bits per heavy atom. The van der Waals surface area contributed by atoms with Gasteiger partial charge in [-0.05, 0) is 49.5 Å². The van der Waals surface area contributed by atoms with E-state index in [4.69, 9.17) is 0 Å². The number of nitrogens with one attached hydrogen (secondary N) is 1. The number of nitrogens with zero attached hydrogens (tertiary/aromatic N) is 4. The van der Waals surface area contributed by atoms with Crippen molar-refractivity contribution in [3.63, 3.8) is 0 Å². The van der Waals surface area contributed by atoms with E-state index in [1.807, 2.05) is 6.92 Å². The molecular weight excluding hydrogens is 274 g/mol. The zero-order valence-corrected chi connectivity index (χ0v) is 12.8. The van der Waals surface area contributed by atoms with Gasteiger partial charge in [0.25, 0.3) is 0 Å². The number of rotatable bonds is 6. The molecule has 7 heteroatoms. The molecule has 0 radical (unpaired) electrons. The highest BCUT2D eigenvalue weighted by Gasteiger charge is 2.17. The van der Waals surface area contributed by atoms with E-state index in [1.54, 1.807) is 11.7 Å². The van der Waals surface area contributed by atoms with Crippen LogP contribution in [0.15, 0.2) is 16.8 Å². The molecule has 2 rings (SSSR count). The standard InChI is InChI=1S/C13H21N5OS/c1-10(20-13-15-16-17-18(13)2)12(19)14-9-8-11-6-4-3-5-7-11/h6,10H,3-5,7-9H2,1-2H3,(H,14,19)/t10-/m1/s1. The molecule has 1 aromatic rings. The lowest BCUT2D eigenvalue weighted by atomic mass is 9.97. The molecule has 0 unspecified atom stereocenters. The van der Waals surface area contributed by atoms with Gasteiger partial charge in [0.05, 0.1) is 5.25 Å². The molecule has 0 aliphatic heterocycles. The summed E-state index contributed by atoms with van der Waals surface area (Å²) >= 11 is 1.37. The summed E-state index contributed by atoms with van der Waals surface area (Å²) in [7, 11) is 1.77. The second-order valence-electron chi connectivity index (χ2n) is 4.99. The topological polar surface area (TPSA) is 72.7 Å². The molecule has 0 bridgehead atoms. The van der Waals surface area contributed by atoms with Crippen molar-refractivity contribution in [1.82, 2.24) is 25.5 Å². The fourth-order valence-electron chi connectivity index (χ4n) is 2.15. The summed E-state index contributed by atoms with van der Waals surface area (Å²) in [4.78, 5) is 12.0. The van der Waals surface area contributed by atoms with Gasteiger partial charge >= 0.3 is 0 Å². The van der Waals surface area contributed by atoms with E-state index in [1.165, 1.54) is 43.0 Å². The van der Waals surface area contributed by atoms with Crippen molar-refractivity contribution in [2.45, 2.75) is 49.4 Å². The lowest BCUT2D eigenvalue weighted by Crippen LogP contribution is -2.32. The number of hydrogen-bond acceptors (Lipinski definition) is 5. The molecule has 1 N–H and O–H groups in total. The highest BCUT2D eigenvalue weighted by atomic mass is 32.2. The third-order valence-electron chi connectivity index (χ3n) is 3.36. The van der Waals surface area contributed by atoms with Gasteiger partial charge in [0, 0.05) is 13.6 Å². The van der Waals surface area contributed by atoms with Gasteiger partial charge in [-0.1, -0.05) is 23.4 Å². The van der Waals surface area contributed by atoms with Gasteiger partial charge in [-0.3, -0.25) is 4.79 Å². The summed E-state index contributed by atoms with van der Waals surface area (Å²) in [5.41, 5.74) is 1.48. The Kier molecular flexibility index (Phi) is 5.58. The Morgan fingerprint density at radius 2 is 2.40 bits per heavy atom. The van der Waals surface area contributed by atoms with Gasteiger partial charge in [-0.15, -0.1) is 5.10 Å². The fourth-order valence-corrected chi connectivity index (χ4v) is 2.93. The molecule has 110 valence electrons. The lowest BCUT2D eigenvalue weighted by Gasteiger charge is -2.14. The van der Waals surface area contributed by atoms with Gasteiger partial charge in [0.15, 0.2) is 0 Å². The summed E-state index contributed by atoms with van der Waals surface area (Å²) in [6, 6.07) is 0. The van der Waals surface area contributed by atoms with Crippen LogP contribution in [0, 0.1) is 0 Å². The number of allylic oxidation sites excluding steroid dienone is 1. The van der Waals surface area contributed by atoms with Gasteiger partial charge in [-0.2, -0.15) is 0 Å². The maximum atomic E-state index is 12.0. The summed E-state index contributed by atoms with van der Waals surface area (Å²) < 4.78 is 1.57. The van der Waals surface area contributed by atoms with Crippen LogP contribution in [-0.2, 0) is 11.8 Å². The summed E-state index contributed by atoms with van der Waals surface area (Å²) in [6.07, 6.45) is 8.24. The average molecular weight is 295 g/mol. The smallest absolute Gasteiger partial charge is 0.233 e. The minimum atomic E-state index is -0.194. The van der Waals surface area contributed by atoms with Crippen molar-refractivity contribution >= 4 is 17.7 Å². The average Bonchev–Trinajstić information content (AvgIpc) is 2.85. The molecule has 0 saturated carbocycles. The minimum Gasteiger partial charge on any atom is -0.355 e. The maximum Gasteiger partial charge on any atom is 0.233 e. The molecule has 0 aromatic carbocycles. The molecule has 1 heterocycles. The van der Waals surface area contributed by atoms with Gasteiger partial charge in [-0.25, -0.2) is 4.68 Å². The minimum absolute atomic E-state index is 0.0365. The van der Waals surface area contributed by atoms with E-state index in [0.29, 0.717) is 11.7 Å². The molecule has 20 heavy (non-hydrogen) atoms. The van der Waals surface area contributed by atoms with E-state index in [9.17, 15) is 4.79 Å². The highest BCUT2D eigenvalue weighted by molar-refractivity contribution is 8.00. The summed E-state index contributed by atoms with van der Waals surface area (Å²) in [5, 5.41) is 14.6. The molecule has 1 atom stereocenters. The van der Waals surface area contributed by atoms with Crippen LogP contribution in [-0.4, -0.2) is 37.9 Å². The van der Waals surface area contributed by atoms with Crippen LogP contribution in [0.1, 0.15) is 39.0 Å². The first-order valence-corrected chi connectivity index (χ1v) is 7.89. The largest absolute Gasteiger partial charge is 0.355 e. The number of thioether (sulfide) groups is 1. The molecule has 6 nitrogen and oxygen atoms in total. The monoisotopic (exact) mass is 295 g/mol. The highest BCUT2D eigenvalue weighted by Crippen LogP contribution is 2.20. The first-order chi connectivity index (χ1) is 9.66. The first kappa shape index (κ1) is 15.0. The SMILES string of the molecule is C[C@@H](Sc1nnnn1C)C(=O)NCCC1=CCCCC1. The molecule has 0 saturated heterocycles. The quantitative estimate of drug-likeness (QED) is 0.639. The van der Waals surface area contributed by atoms with Crippen LogP contribution < -0.4 is 5.32 Å². The first-order valence-electron chi connectivity index (χ1n) is 7.01. The number of carbonyl (C=O) groups is 1. The summed E-state index contributed by atoms with van der Waals surface area (Å²) in [5.74, 6) is 0.0365. The fraction of sp³-hybridized carbons (Fsp3) is 0.692. The van der Waals surface area contributed by atoms with Crippen molar-refractivity contribution in [3.05, 3.63) is 11.6 Å².